The highest BCUT2D eigenvalue weighted by Gasteiger charge is 2.30. The number of rotatable bonds is 9. The zero-order chi connectivity index (χ0) is 25.5. The maximum Gasteiger partial charge on any atom is 0.303 e. The number of piperidine rings is 1. The normalized spacial score (nSPS) is 19.0. The van der Waals surface area contributed by atoms with Gasteiger partial charge >= 0.3 is 5.97 Å². The second kappa shape index (κ2) is 12.5. The number of methoxy groups -OCH3 is 1. The zero-order valence-corrected chi connectivity index (χ0v) is 21.8. The Balaban J connectivity index is 1.40. The van der Waals surface area contributed by atoms with E-state index in [1.165, 1.54) is 11.3 Å². The van der Waals surface area contributed by atoms with E-state index < -0.39 is 12.1 Å². The van der Waals surface area contributed by atoms with Crippen molar-refractivity contribution in [1.82, 2.24) is 9.88 Å². The van der Waals surface area contributed by atoms with E-state index in [-0.39, 0.29) is 18.3 Å². The molecule has 0 aliphatic carbocycles. The molecule has 0 bridgehead atoms. The molecule has 1 aliphatic rings. The van der Waals surface area contributed by atoms with E-state index in [1.807, 2.05) is 29.6 Å². The highest BCUT2D eigenvalue weighted by atomic mass is 35.5. The van der Waals surface area contributed by atoms with Gasteiger partial charge in [-0.3, -0.25) is 14.7 Å². The second-order valence-electron chi connectivity index (χ2n) is 9.20. The van der Waals surface area contributed by atoms with Crippen LogP contribution in [0.4, 0.5) is 4.39 Å². The molecule has 1 aliphatic heterocycles. The van der Waals surface area contributed by atoms with Crippen molar-refractivity contribution in [2.75, 3.05) is 26.7 Å². The van der Waals surface area contributed by atoms with E-state index in [2.05, 4.69) is 21.7 Å². The van der Waals surface area contributed by atoms with E-state index in [0.717, 1.165) is 35.3 Å². The molecule has 1 N–H and O–H groups in total. The van der Waals surface area contributed by atoms with Crippen LogP contribution >= 0.6 is 22.9 Å². The molecule has 1 fully saturated rings. The van der Waals surface area contributed by atoms with E-state index in [1.54, 1.807) is 19.4 Å². The largest absolute Gasteiger partial charge is 0.497 e. The molecule has 0 amide bonds. The van der Waals surface area contributed by atoms with Gasteiger partial charge in [-0.1, -0.05) is 23.4 Å². The van der Waals surface area contributed by atoms with Crippen molar-refractivity contribution < 1.29 is 19.0 Å². The number of hydrogen-bond acceptors (Lipinski definition) is 5. The molecule has 0 spiro atoms. The minimum absolute atomic E-state index is 0.124. The minimum Gasteiger partial charge on any atom is -0.497 e. The second-order valence-corrected chi connectivity index (χ2v) is 10.5. The van der Waals surface area contributed by atoms with Gasteiger partial charge in [-0.05, 0) is 85.3 Å². The number of halogens is 2. The Kier molecular flexibility index (Phi) is 9.19. The number of likely N-dealkylation sites (tertiary alicyclic amines) is 1. The van der Waals surface area contributed by atoms with Gasteiger partial charge in [-0.25, -0.2) is 4.39 Å². The Morgan fingerprint density at radius 2 is 2.19 bits per heavy atom. The lowest BCUT2D eigenvalue weighted by atomic mass is 9.79. The van der Waals surface area contributed by atoms with Gasteiger partial charge < -0.3 is 9.84 Å². The molecule has 0 saturated carbocycles. The maximum atomic E-state index is 15.5. The molecule has 190 valence electrons. The average Bonchev–Trinajstić information content (AvgIpc) is 3.30. The first-order valence-corrected chi connectivity index (χ1v) is 13.4. The van der Waals surface area contributed by atoms with Crippen LogP contribution in [0.5, 0.6) is 5.75 Å². The Bertz CT molecular complexity index is 1250. The maximum absolute atomic E-state index is 15.5. The van der Waals surface area contributed by atoms with Gasteiger partial charge in [-0.15, -0.1) is 11.3 Å². The lowest BCUT2D eigenvalue weighted by Crippen LogP contribution is -2.41. The van der Waals surface area contributed by atoms with Crippen molar-refractivity contribution in [1.29, 1.82) is 0 Å². The number of carbonyl (C=O) groups is 1. The quantitative estimate of drug-likeness (QED) is 0.317. The first-order chi connectivity index (χ1) is 17.4. The van der Waals surface area contributed by atoms with Crippen LogP contribution in [0, 0.1) is 23.7 Å². The van der Waals surface area contributed by atoms with E-state index in [9.17, 15) is 9.90 Å². The number of benzene rings is 1. The molecular weight excluding hydrogens is 499 g/mol. The minimum atomic E-state index is -1.12. The molecule has 0 radical (unpaired) electrons. The summed E-state index contributed by atoms with van der Waals surface area (Å²) in [6.45, 7) is 2.26. The van der Waals surface area contributed by atoms with Crippen LogP contribution in [0.1, 0.15) is 48.7 Å². The van der Waals surface area contributed by atoms with Crippen molar-refractivity contribution in [2.24, 2.45) is 11.8 Å². The van der Waals surface area contributed by atoms with Crippen molar-refractivity contribution in [3.05, 3.63) is 57.4 Å². The number of aliphatic carboxylic acids is 1. The van der Waals surface area contributed by atoms with Crippen molar-refractivity contribution in [3.8, 4) is 17.6 Å². The Hall–Kier alpha value is -2.66. The summed E-state index contributed by atoms with van der Waals surface area (Å²) in [6, 6.07) is 9.09. The SMILES string of the molecule is COc1ccc2nccc(C(F)CC[C@@H]3CCN(CC#Cc4sccc4Cl)C[C@@H]3CCC(=O)O)c2c1. The van der Waals surface area contributed by atoms with Gasteiger partial charge in [0.2, 0.25) is 0 Å². The van der Waals surface area contributed by atoms with E-state index in [4.69, 9.17) is 16.3 Å². The number of ether oxygens (including phenoxy) is 1. The summed E-state index contributed by atoms with van der Waals surface area (Å²) in [6.07, 6.45) is 3.25. The molecule has 3 aromatic rings. The third-order valence-corrected chi connectivity index (χ3v) is 8.19. The fraction of sp³-hybridized carbons (Fsp3) is 0.429. The highest BCUT2D eigenvalue weighted by Crippen LogP contribution is 2.36. The number of fused-ring (bicyclic) bond motifs is 1. The van der Waals surface area contributed by atoms with Crippen LogP contribution in [0.15, 0.2) is 41.9 Å². The van der Waals surface area contributed by atoms with Crippen LogP contribution in [0.3, 0.4) is 0 Å². The zero-order valence-electron chi connectivity index (χ0n) is 20.3. The average molecular weight is 529 g/mol. The third-order valence-electron chi connectivity index (χ3n) is 6.94. The predicted molar refractivity (Wildman–Crippen MR) is 142 cm³/mol. The van der Waals surface area contributed by atoms with E-state index in [0.29, 0.717) is 42.1 Å². The van der Waals surface area contributed by atoms with Crippen molar-refractivity contribution >= 4 is 39.8 Å². The fourth-order valence-electron chi connectivity index (χ4n) is 4.99. The van der Waals surface area contributed by atoms with Gasteiger partial charge in [0.25, 0.3) is 0 Å². The summed E-state index contributed by atoms with van der Waals surface area (Å²) < 4.78 is 20.8. The van der Waals surface area contributed by atoms with Crippen molar-refractivity contribution in [2.45, 2.75) is 38.3 Å². The lowest BCUT2D eigenvalue weighted by Gasteiger charge is -2.38. The van der Waals surface area contributed by atoms with Crippen LogP contribution in [0.2, 0.25) is 5.02 Å². The van der Waals surface area contributed by atoms with Crippen LogP contribution in [0.25, 0.3) is 10.9 Å². The number of alkyl halides is 1. The third kappa shape index (κ3) is 6.76. The van der Waals surface area contributed by atoms with Gasteiger partial charge in [0.15, 0.2) is 0 Å². The number of aromatic nitrogens is 1. The molecule has 3 atom stereocenters. The summed E-state index contributed by atoms with van der Waals surface area (Å²) in [4.78, 5) is 18.8. The molecule has 4 rings (SSSR count). The highest BCUT2D eigenvalue weighted by molar-refractivity contribution is 7.11. The van der Waals surface area contributed by atoms with Crippen LogP contribution in [-0.2, 0) is 4.79 Å². The Morgan fingerprint density at radius 1 is 1.33 bits per heavy atom. The molecule has 2 aromatic heterocycles. The summed E-state index contributed by atoms with van der Waals surface area (Å²) >= 11 is 7.65. The monoisotopic (exact) mass is 528 g/mol. The first kappa shape index (κ1) is 26.4. The number of thiophene rings is 1. The Labute approximate surface area is 220 Å². The fourth-order valence-corrected chi connectivity index (χ4v) is 5.96. The number of hydrogen-bond donors (Lipinski definition) is 1. The summed E-state index contributed by atoms with van der Waals surface area (Å²) in [7, 11) is 1.59. The molecule has 3 heterocycles. The first-order valence-electron chi connectivity index (χ1n) is 12.2. The molecule has 1 unspecified atom stereocenters. The molecule has 5 nitrogen and oxygen atoms in total. The molecule has 1 saturated heterocycles. The lowest BCUT2D eigenvalue weighted by molar-refractivity contribution is -0.137. The van der Waals surface area contributed by atoms with Gasteiger partial charge in [-0.2, -0.15) is 0 Å². The number of pyridine rings is 1. The van der Waals surface area contributed by atoms with Gasteiger partial charge in [0, 0.05) is 24.5 Å². The summed E-state index contributed by atoms with van der Waals surface area (Å²) in [5.41, 5.74) is 1.37. The van der Waals surface area contributed by atoms with Gasteiger partial charge in [0.1, 0.15) is 11.9 Å². The smallest absolute Gasteiger partial charge is 0.303 e. The summed E-state index contributed by atoms with van der Waals surface area (Å²) in [5.74, 6) is 6.70. The molecular formula is C28H30ClFN2O3S. The predicted octanol–water partition coefficient (Wildman–Crippen LogP) is 6.60. The van der Waals surface area contributed by atoms with Crippen LogP contribution in [-0.4, -0.2) is 47.7 Å². The number of carboxylic acid groups (broad SMARTS) is 1. The van der Waals surface area contributed by atoms with E-state index >= 15 is 4.39 Å². The molecule has 1 aromatic carbocycles. The van der Waals surface area contributed by atoms with Gasteiger partial charge in [0.05, 0.1) is 29.1 Å². The standard InChI is InChI=1S/C28H30ClFN2O3S/c1-35-21-6-8-26-23(17-21)22(10-13-31-26)25(30)7-4-19-11-15-32(18-20(19)5-9-28(33)34)14-2-3-27-24(29)12-16-36-27/h6,8,10,12-13,16-17,19-20,25H,4-5,7,9,11,14-15,18H2,1H3,(H,33,34)/t19-,20+,25?/m1/s1. The Morgan fingerprint density at radius 3 is 2.94 bits per heavy atom. The van der Waals surface area contributed by atoms with Crippen LogP contribution < -0.4 is 4.74 Å². The molecule has 36 heavy (non-hydrogen) atoms. The molecule has 8 heteroatoms. The van der Waals surface area contributed by atoms with Crippen molar-refractivity contribution in [3.63, 3.8) is 0 Å². The topological polar surface area (TPSA) is 62.7 Å². The number of nitrogens with zero attached hydrogens (tertiary/aromatic N) is 2. The summed E-state index contributed by atoms with van der Waals surface area (Å²) in [5, 5.41) is 12.6. The number of carboxylic acids is 1.